The Morgan fingerprint density at radius 3 is 1.83 bits per heavy atom. The van der Waals surface area contributed by atoms with E-state index < -0.39 is 36.4 Å². The van der Waals surface area contributed by atoms with Crippen LogP contribution in [0.25, 0.3) is 0 Å². The fourth-order valence-corrected chi connectivity index (χ4v) is 4.17. The number of halogens is 9. The number of likely N-dealkylation sites (tertiary alicyclic amines) is 1. The summed E-state index contributed by atoms with van der Waals surface area (Å²) in [5.41, 5.74) is 2.55. The number of anilines is 1. The Labute approximate surface area is 255 Å². The molecule has 3 N–H and O–H groups in total. The lowest BCUT2D eigenvalue weighted by Gasteiger charge is -2.43. The second kappa shape index (κ2) is 17.5. The van der Waals surface area contributed by atoms with Crippen molar-refractivity contribution in [1.82, 2.24) is 14.9 Å². The summed E-state index contributed by atoms with van der Waals surface area (Å²) in [5, 5.41) is 21.4. The Bertz CT molecular complexity index is 1180. The van der Waals surface area contributed by atoms with Crippen LogP contribution in [0.15, 0.2) is 48.9 Å². The van der Waals surface area contributed by atoms with Gasteiger partial charge in [0.15, 0.2) is 0 Å². The average molecular weight is 681 g/mol. The molecule has 0 radical (unpaired) electrons. The van der Waals surface area contributed by atoms with Gasteiger partial charge < -0.3 is 25.0 Å². The number of nitrogens with zero attached hydrogens (tertiary/aromatic N) is 4. The molecule has 4 heterocycles. The minimum absolute atomic E-state index is 0.194. The van der Waals surface area contributed by atoms with Crippen molar-refractivity contribution >= 4 is 23.6 Å². The van der Waals surface area contributed by atoms with Gasteiger partial charge >= 0.3 is 36.4 Å². The molecule has 46 heavy (non-hydrogen) atoms. The third-order valence-electron chi connectivity index (χ3n) is 6.03. The van der Waals surface area contributed by atoms with Crippen LogP contribution in [0.1, 0.15) is 18.5 Å². The van der Waals surface area contributed by atoms with Gasteiger partial charge in [-0.2, -0.15) is 39.5 Å². The molecule has 2 aromatic heterocycles. The standard InChI is InChI=1S/C20H26N4O.3C2HF3O2/c1-2-9-22-18(5-1)14-23-10-4-7-20(15-23)16-24(11-12-25-17-20)19-6-3-8-21-13-19;3*3-2(4,5)1(6)7/h1-3,5-6,8-9,13H,4,7,10-12,14-17H2;3*(H,6,7). The van der Waals surface area contributed by atoms with Gasteiger partial charge in [0, 0.05) is 44.0 Å². The zero-order chi connectivity index (χ0) is 35.2. The number of aromatic nitrogens is 2. The number of pyridine rings is 2. The van der Waals surface area contributed by atoms with Crippen LogP contribution in [0.4, 0.5) is 45.2 Å². The molecule has 0 aliphatic carbocycles. The van der Waals surface area contributed by atoms with E-state index in [2.05, 4.69) is 38.0 Å². The van der Waals surface area contributed by atoms with Crippen LogP contribution in [0, 0.1) is 5.41 Å². The molecule has 1 spiro atoms. The molecule has 0 aromatic carbocycles. The first-order valence-electron chi connectivity index (χ1n) is 12.9. The van der Waals surface area contributed by atoms with Crippen molar-refractivity contribution in [3.05, 3.63) is 54.6 Å². The number of ether oxygens (including phenoxy) is 1. The molecule has 1 atom stereocenters. The molecule has 4 rings (SSSR count). The van der Waals surface area contributed by atoms with Crippen molar-refractivity contribution in [2.24, 2.45) is 5.41 Å². The van der Waals surface area contributed by atoms with Gasteiger partial charge in [-0.3, -0.25) is 14.9 Å². The van der Waals surface area contributed by atoms with Crippen molar-refractivity contribution in [2.45, 2.75) is 37.9 Å². The fraction of sp³-hybridized carbons (Fsp3) is 0.500. The van der Waals surface area contributed by atoms with Crippen molar-refractivity contribution in [3.8, 4) is 0 Å². The monoisotopic (exact) mass is 680 g/mol. The van der Waals surface area contributed by atoms with Gasteiger partial charge in [0.05, 0.1) is 30.8 Å². The van der Waals surface area contributed by atoms with Gasteiger partial charge in [0.1, 0.15) is 0 Å². The number of hydrogen-bond acceptors (Lipinski definition) is 8. The summed E-state index contributed by atoms with van der Waals surface area (Å²) in [7, 11) is 0. The van der Waals surface area contributed by atoms with Crippen LogP contribution in [-0.4, -0.2) is 106 Å². The molecule has 0 saturated carbocycles. The Morgan fingerprint density at radius 1 is 0.804 bits per heavy atom. The van der Waals surface area contributed by atoms with Crippen molar-refractivity contribution < 1.29 is 74.0 Å². The highest BCUT2D eigenvalue weighted by molar-refractivity contribution is 5.73. The predicted octanol–water partition coefficient (Wildman–Crippen LogP) is 4.50. The topological polar surface area (TPSA) is 153 Å². The number of carboxylic acid groups (broad SMARTS) is 3. The number of rotatable bonds is 3. The maximum atomic E-state index is 10.6. The number of alkyl halides is 9. The second-order valence-electron chi connectivity index (χ2n) is 9.73. The fourth-order valence-electron chi connectivity index (χ4n) is 4.17. The summed E-state index contributed by atoms with van der Waals surface area (Å²) in [4.78, 5) is 40.5. The molecule has 20 heteroatoms. The summed E-state index contributed by atoms with van der Waals surface area (Å²) in [6.07, 6.45) is -7.12. The third-order valence-corrected chi connectivity index (χ3v) is 6.03. The van der Waals surface area contributed by atoms with Crippen LogP contribution in [0.5, 0.6) is 0 Å². The lowest BCUT2D eigenvalue weighted by Crippen LogP contribution is -2.50. The Kier molecular flexibility index (Phi) is 15.1. The number of hydrogen-bond donors (Lipinski definition) is 3. The van der Waals surface area contributed by atoms with E-state index in [1.807, 2.05) is 30.7 Å². The van der Waals surface area contributed by atoms with E-state index in [0.29, 0.717) is 0 Å². The van der Waals surface area contributed by atoms with Crippen LogP contribution < -0.4 is 4.90 Å². The first-order chi connectivity index (χ1) is 21.2. The molecule has 0 bridgehead atoms. The minimum atomic E-state index is -5.08. The molecule has 2 aliphatic heterocycles. The lowest BCUT2D eigenvalue weighted by atomic mass is 9.80. The van der Waals surface area contributed by atoms with E-state index in [1.165, 1.54) is 18.5 Å². The van der Waals surface area contributed by atoms with Crippen LogP contribution >= 0.6 is 0 Å². The highest BCUT2D eigenvalue weighted by Gasteiger charge is 2.40. The number of carboxylic acids is 3. The van der Waals surface area contributed by atoms with Crippen LogP contribution in [0.2, 0.25) is 0 Å². The third kappa shape index (κ3) is 15.2. The Hall–Kier alpha value is -4.20. The molecular weight excluding hydrogens is 651 g/mol. The normalized spacial score (nSPS) is 18.8. The van der Waals surface area contributed by atoms with Gasteiger partial charge in [0.25, 0.3) is 0 Å². The molecule has 2 aromatic rings. The lowest BCUT2D eigenvalue weighted by molar-refractivity contribution is -0.193. The van der Waals surface area contributed by atoms with E-state index >= 15 is 0 Å². The summed E-state index contributed by atoms with van der Waals surface area (Å²) in [6.45, 7) is 6.76. The smallest absolute Gasteiger partial charge is 0.475 e. The second-order valence-corrected chi connectivity index (χ2v) is 9.73. The maximum absolute atomic E-state index is 10.6. The largest absolute Gasteiger partial charge is 0.490 e. The first-order valence-corrected chi connectivity index (χ1v) is 12.9. The molecule has 11 nitrogen and oxygen atoms in total. The minimum Gasteiger partial charge on any atom is -0.475 e. The SMILES string of the molecule is O=C(O)C(F)(F)F.O=C(O)C(F)(F)F.O=C(O)C(F)(F)F.c1ccc(CN2CCCC3(COCCN(c4cccnc4)C3)C2)nc1. The molecule has 2 aliphatic rings. The van der Waals surface area contributed by atoms with Gasteiger partial charge in [-0.15, -0.1) is 0 Å². The molecule has 258 valence electrons. The quantitative estimate of drug-likeness (QED) is 0.393. The average Bonchev–Trinajstić information content (AvgIpc) is 3.16. The van der Waals surface area contributed by atoms with Crippen molar-refractivity contribution in [2.75, 3.05) is 44.3 Å². The van der Waals surface area contributed by atoms with Gasteiger partial charge in [-0.1, -0.05) is 6.07 Å². The van der Waals surface area contributed by atoms with Gasteiger partial charge in [0.2, 0.25) is 0 Å². The Balaban J connectivity index is 0.000000413. The van der Waals surface area contributed by atoms with E-state index in [-0.39, 0.29) is 5.41 Å². The van der Waals surface area contributed by atoms with Gasteiger partial charge in [-0.25, -0.2) is 14.4 Å². The highest BCUT2D eigenvalue weighted by atomic mass is 19.4. The predicted molar refractivity (Wildman–Crippen MR) is 140 cm³/mol. The molecule has 2 fully saturated rings. The zero-order valence-corrected chi connectivity index (χ0v) is 23.6. The number of piperidine rings is 1. The Morgan fingerprint density at radius 2 is 1.37 bits per heavy atom. The molecular formula is C26H29F9N4O7. The zero-order valence-electron chi connectivity index (χ0n) is 23.6. The summed E-state index contributed by atoms with van der Waals surface area (Å²) in [6, 6.07) is 10.3. The highest BCUT2D eigenvalue weighted by Crippen LogP contribution is 2.35. The molecule has 0 amide bonds. The summed E-state index contributed by atoms with van der Waals surface area (Å²) < 4.78 is 101. The van der Waals surface area contributed by atoms with E-state index in [9.17, 15) is 39.5 Å². The maximum Gasteiger partial charge on any atom is 0.490 e. The summed E-state index contributed by atoms with van der Waals surface area (Å²) in [5.74, 6) is -8.27. The van der Waals surface area contributed by atoms with Crippen molar-refractivity contribution in [3.63, 3.8) is 0 Å². The van der Waals surface area contributed by atoms with E-state index in [0.717, 1.165) is 51.6 Å². The van der Waals surface area contributed by atoms with Crippen molar-refractivity contribution in [1.29, 1.82) is 0 Å². The summed E-state index contributed by atoms with van der Waals surface area (Å²) >= 11 is 0. The number of carbonyl (C=O) groups is 3. The molecule has 1 unspecified atom stereocenters. The molecule has 2 saturated heterocycles. The van der Waals surface area contributed by atoms with Crippen LogP contribution in [-0.2, 0) is 25.7 Å². The van der Waals surface area contributed by atoms with E-state index in [4.69, 9.17) is 34.4 Å². The first kappa shape index (κ1) is 39.8. The van der Waals surface area contributed by atoms with Gasteiger partial charge in [-0.05, 0) is 43.7 Å². The van der Waals surface area contributed by atoms with E-state index in [1.54, 1.807) is 0 Å². The van der Waals surface area contributed by atoms with Crippen LogP contribution in [0.3, 0.4) is 0 Å². The number of aliphatic carboxylic acids is 3.